The van der Waals surface area contributed by atoms with Crippen LogP contribution in [0.2, 0.25) is 10.0 Å². The molecule has 1 fully saturated rings. The highest BCUT2D eigenvalue weighted by molar-refractivity contribution is 6.35. The first-order valence-corrected chi connectivity index (χ1v) is 6.09. The van der Waals surface area contributed by atoms with E-state index in [1.54, 1.807) is 18.2 Å². The van der Waals surface area contributed by atoms with Crippen molar-refractivity contribution in [2.24, 2.45) is 11.8 Å². The normalized spacial score (nSPS) is 16.9. The summed E-state index contributed by atoms with van der Waals surface area (Å²) in [5, 5.41) is 3.90. The maximum Gasteiger partial charge on any atom is 0.227 e. The quantitative estimate of drug-likeness (QED) is 0.872. The standard InChI is InChI=1S/C12H13Cl2NO/c1-7(8-2-3-8)12(16)15-11-6-9(13)4-5-10(11)14/h4-8H,2-3H2,1H3,(H,15,16). The van der Waals surface area contributed by atoms with Gasteiger partial charge in [0.1, 0.15) is 0 Å². The number of nitrogens with one attached hydrogen (secondary N) is 1. The van der Waals surface area contributed by atoms with Gasteiger partial charge in [-0.3, -0.25) is 4.79 Å². The second-order valence-corrected chi connectivity index (χ2v) is 5.08. The number of benzene rings is 1. The van der Waals surface area contributed by atoms with Gasteiger partial charge in [0.15, 0.2) is 0 Å². The van der Waals surface area contributed by atoms with Crippen LogP contribution in [0.1, 0.15) is 19.8 Å². The molecule has 1 atom stereocenters. The molecule has 2 rings (SSSR count). The number of hydrogen-bond acceptors (Lipinski definition) is 1. The van der Waals surface area contributed by atoms with Gasteiger partial charge in [-0.25, -0.2) is 0 Å². The summed E-state index contributed by atoms with van der Waals surface area (Å²) in [6.07, 6.45) is 2.30. The van der Waals surface area contributed by atoms with E-state index in [1.807, 2.05) is 6.92 Å². The Kier molecular flexibility index (Phi) is 3.41. The van der Waals surface area contributed by atoms with Gasteiger partial charge in [0.05, 0.1) is 10.7 Å². The van der Waals surface area contributed by atoms with Gasteiger partial charge in [0, 0.05) is 10.9 Å². The zero-order valence-electron chi connectivity index (χ0n) is 8.97. The summed E-state index contributed by atoms with van der Waals surface area (Å²) in [5.74, 6) is 0.611. The predicted molar refractivity (Wildman–Crippen MR) is 67.0 cm³/mol. The van der Waals surface area contributed by atoms with E-state index in [9.17, 15) is 4.79 Å². The molecule has 0 bridgehead atoms. The van der Waals surface area contributed by atoms with Crippen LogP contribution in [-0.4, -0.2) is 5.91 Å². The Morgan fingerprint density at radius 2 is 2.12 bits per heavy atom. The Hall–Kier alpha value is -0.730. The molecular weight excluding hydrogens is 245 g/mol. The number of amides is 1. The van der Waals surface area contributed by atoms with Crippen LogP contribution in [0.5, 0.6) is 0 Å². The highest BCUT2D eigenvalue weighted by Crippen LogP contribution is 2.37. The zero-order chi connectivity index (χ0) is 11.7. The molecule has 16 heavy (non-hydrogen) atoms. The predicted octanol–water partition coefficient (Wildman–Crippen LogP) is 3.98. The Labute approximate surface area is 105 Å². The minimum absolute atomic E-state index is 0.0201. The van der Waals surface area contributed by atoms with Crippen molar-refractivity contribution in [3.63, 3.8) is 0 Å². The average molecular weight is 258 g/mol. The van der Waals surface area contributed by atoms with Gasteiger partial charge in [-0.15, -0.1) is 0 Å². The van der Waals surface area contributed by atoms with Gasteiger partial charge < -0.3 is 5.32 Å². The van der Waals surface area contributed by atoms with Crippen molar-refractivity contribution in [1.29, 1.82) is 0 Å². The van der Waals surface area contributed by atoms with Crippen molar-refractivity contribution in [3.05, 3.63) is 28.2 Å². The van der Waals surface area contributed by atoms with E-state index in [4.69, 9.17) is 23.2 Å². The second-order valence-electron chi connectivity index (χ2n) is 4.24. The van der Waals surface area contributed by atoms with Gasteiger partial charge in [-0.2, -0.15) is 0 Å². The van der Waals surface area contributed by atoms with Crippen LogP contribution in [0.3, 0.4) is 0 Å². The van der Waals surface area contributed by atoms with Crippen LogP contribution in [0.25, 0.3) is 0 Å². The van der Waals surface area contributed by atoms with Crippen molar-refractivity contribution in [1.82, 2.24) is 0 Å². The van der Waals surface area contributed by atoms with Gasteiger partial charge in [0.25, 0.3) is 0 Å². The summed E-state index contributed by atoms with van der Waals surface area (Å²) in [5.41, 5.74) is 0.590. The number of anilines is 1. The van der Waals surface area contributed by atoms with E-state index in [-0.39, 0.29) is 11.8 Å². The van der Waals surface area contributed by atoms with Crippen LogP contribution in [0.4, 0.5) is 5.69 Å². The fourth-order valence-corrected chi connectivity index (χ4v) is 1.99. The summed E-state index contributed by atoms with van der Waals surface area (Å²) in [7, 11) is 0. The maximum atomic E-state index is 11.8. The average Bonchev–Trinajstić information content (AvgIpc) is 3.06. The Balaban J connectivity index is 2.07. The molecule has 1 saturated carbocycles. The van der Waals surface area contributed by atoms with Crippen molar-refractivity contribution in [3.8, 4) is 0 Å². The monoisotopic (exact) mass is 257 g/mol. The maximum absolute atomic E-state index is 11.8. The van der Waals surface area contributed by atoms with Crippen molar-refractivity contribution in [2.45, 2.75) is 19.8 Å². The number of hydrogen-bond donors (Lipinski definition) is 1. The van der Waals surface area contributed by atoms with E-state index in [0.717, 1.165) is 12.8 Å². The molecule has 0 radical (unpaired) electrons. The smallest absolute Gasteiger partial charge is 0.227 e. The van der Waals surface area contributed by atoms with Crippen molar-refractivity contribution in [2.75, 3.05) is 5.32 Å². The molecule has 0 spiro atoms. The van der Waals surface area contributed by atoms with E-state index in [2.05, 4.69) is 5.32 Å². The summed E-state index contributed by atoms with van der Waals surface area (Å²) in [6, 6.07) is 5.05. The molecule has 1 aliphatic carbocycles. The van der Waals surface area contributed by atoms with Crippen LogP contribution >= 0.6 is 23.2 Å². The summed E-state index contributed by atoms with van der Waals surface area (Å²) in [4.78, 5) is 11.8. The lowest BCUT2D eigenvalue weighted by Crippen LogP contribution is -2.21. The number of halogens is 2. The molecule has 0 saturated heterocycles. The van der Waals surface area contributed by atoms with Crippen LogP contribution < -0.4 is 5.32 Å². The lowest BCUT2D eigenvalue weighted by atomic mass is 10.1. The topological polar surface area (TPSA) is 29.1 Å². The molecule has 0 aliphatic heterocycles. The van der Waals surface area contributed by atoms with Gasteiger partial charge in [0.2, 0.25) is 5.91 Å². The highest BCUT2D eigenvalue weighted by atomic mass is 35.5. The van der Waals surface area contributed by atoms with Crippen LogP contribution in [0, 0.1) is 11.8 Å². The first-order chi connectivity index (χ1) is 7.58. The summed E-state index contributed by atoms with van der Waals surface area (Å²) in [6.45, 7) is 1.95. The highest BCUT2D eigenvalue weighted by Gasteiger charge is 2.32. The molecule has 1 aliphatic rings. The number of carbonyl (C=O) groups excluding carboxylic acids is 1. The molecule has 86 valence electrons. The lowest BCUT2D eigenvalue weighted by molar-refractivity contribution is -0.119. The van der Waals surface area contributed by atoms with Gasteiger partial charge in [-0.1, -0.05) is 30.1 Å². The van der Waals surface area contributed by atoms with Crippen molar-refractivity contribution >= 4 is 34.8 Å². The van der Waals surface area contributed by atoms with Gasteiger partial charge >= 0.3 is 0 Å². The molecule has 1 N–H and O–H groups in total. The van der Waals surface area contributed by atoms with Crippen molar-refractivity contribution < 1.29 is 4.79 Å². The number of rotatable bonds is 3. The third-order valence-corrected chi connectivity index (χ3v) is 3.49. The molecule has 0 heterocycles. The molecule has 1 aromatic carbocycles. The first kappa shape index (κ1) is 11.7. The molecule has 4 heteroatoms. The van der Waals surface area contributed by atoms with Crippen LogP contribution in [-0.2, 0) is 4.79 Å². The minimum atomic E-state index is 0.0201. The summed E-state index contributed by atoms with van der Waals surface area (Å²) < 4.78 is 0. The number of carbonyl (C=O) groups is 1. The van der Waals surface area contributed by atoms with E-state index in [0.29, 0.717) is 21.7 Å². The zero-order valence-corrected chi connectivity index (χ0v) is 10.5. The van der Waals surface area contributed by atoms with Gasteiger partial charge in [-0.05, 0) is 37.0 Å². The molecule has 1 aromatic rings. The molecule has 1 unspecified atom stereocenters. The van der Waals surface area contributed by atoms with Crippen LogP contribution in [0.15, 0.2) is 18.2 Å². The Morgan fingerprint density at radius 3 is 2.75 bits per heavy atom. The Bertz CT molecular complexity index is 415. The molecule has 1 amide bonds. The van der Waals surface area contributed by atoms with E-state index < -0.39 is 0 Å². The largest absolute Gasteiger partial charge is 0.324 e. The molecule has 0 aromatic heterocycles. The fourth-order valence-electron chi connectivity index (χ4n) is 1.65. The SMILES string of the molecule is CC(C(=O)Nc1cc(Cl)ccc1Cl)C1CC1. The van der Waals surface area contributed by atoms with E-state index >= 15 is 0 Å². The molecular formula is C12H13Cl2NO. The third-order valence-electron chi connectivity index (χ3n) is 2.93. The Morgan fingerprint density at radius 1 is 1.44 bits per heavy atom. The lowest BCUT2D eigenvalue weighted by Gasteiger charge is -2.12. The summed E-state index contributed by atoms with van der Waals surface area (Å²) >= 11 is 11.8. The fraction of sp³-hybridized carbons (Fsp3) is 0.417. The minimum Gasteiger partial charge on any atom is -0.324 e. The second kappa shape index (κ2) is 4.64. The first-order valence-electron chi connectivity index (χ1n) is 5.34. The third kappa shape index (κ3) is 2.69. The van der Waals surface area contributed by atoms with E-state index in [1.165, 1.54) is 0 Å². The molecule has 2 nitrogen and oxygen atoms in total.